The fraction of sp³-hybridized carbons (Fsp3) is 0.308. The Hall–Kier alpha value is -1.82. The molecule has 0 unspecified atom stereocenters. The number of Topliss-reactive ketones (excluding diaryl/α,β-unsaturated/α-hetero) is 1. The molecule has 0 bridgehead atoms. The molecule has 1 heterocycles. The molecular formula is C13H13NO4S. The van der Waals surface area contributed by atoms with Crippen LogP contribution in [0.1, 0.15) is 16.8 Å². The zero-order valence-electron chi connectivity index (χ0n) is 10.6. The van der Waals surface area contributed by atoms with E-state index >= 15 is 0 Å². The van der Waals surface area contributed by atoms with Crippen LogP contribution in [0.2, 0.25) is 0 Å². The molecule has 100 valence electrons. The molecule has 0 aromatic heterocycles. The van der Waals surface area contributed by atoms with Crippen LogP contribution < -0.4 is 4.90 Å². The van der Waals surface area contributed by atoms with Gasteiger partial charge in [0.1, 0.15) is 0 Å². The predicted molar refractivity (Wildman–Crippen MR) is 71.5 cm³/mol. The van der Waals surface area contributed by atoms with E-state index in [1.165, 1.54) is 23.8 Å². The Morgan fingerprint density at radius 2 is 2.11 bits per heavy atom. The molecule has 1 aliphatic rings. The molecule has 0 N–H and O–H groups in total. The van der Waals surface area contributed by atoms with E-state index in [0.29, 0.717) is 23.4 Å². The number of ketones is 1. The number of nitrogens with zero attached hydrogens (tertiary/aromatic N) is 1. The Balaban J connectivity index is 2.08. The molecule has 1 aromatic rings. The van der Waals surface area contributed by atoms with Gasteiger partial charge in [0, 0.05) is 17.7 Å². The molecule has 0 spiro atoms. The zero-order chi connectivity index (χ0) is 14.0. The summed E-state index contributed by atoms with van der Waals surface area (Å²) in [6.07, 6.45) is 0.325. The van der Waals surface area contributed by atoms with Crippen molar-refractivity contribution in [3.63, 3.8) is 0 Å². The molecule has 0 saturated heterocycles. The van der Waals surface area contributed by atoms with Crippen molar-refractivity contribution >= 4 is 35.1 Å². The van der Waals surface area contributed by atoms with Gasteiger partial charge in [-0.15, -0.1) is 11.8 Å². The first-order valence-electron chi connectivity index (χ1n) is 5.70. The zero-order valence-corrected chi connectivity index (χ0v) is 11.5. The van der Waals surface area contributed by atoms with E-state index in [0.717, 1.165) is 4.90 Å². The predicted octanol–water partition coefficient (Wildman–Crippen LogP) is 1.50. The lowest BCUT2D eigenvalue weighted by molar-refractivity contribution is -0.140. The van der Waals surface area contributed by atoms with Gasteiger partial charge in [0.05, 0.1) is 24.8 Å². The van der Waals surface area contributed by atoms with Crippen LogP contribution in [0.3, 0.4) is 0 Å². The summed E-state index contributed by atoms with van der Waals surface area (Å²) in [5.41, 5.74) is 1.06. The summed E-state index contributed by atoms with van der Waals surface area (Å²) < 4.78 is 4.56. The fourth-order valence-corrected chi connectivity index (χ4v) is 2.67. The number of esters is 1. The number of likely N-dealkylation sites (N-methyl/N-ethyl adjacent to an activating group) is 1. The largest absolute Gasteiger partial charge is 0.469 e. The van der Waals surface area contributed by atoms with Crippen LogP contribution in [-0.2, 0) is 14.3 Å². The molecule has 1 aliphatic heterocycles. The van der Waals surface area contributed by atoms with Gasteiger partial charge in [0.15, 0.2) is 0 Å². The van der Waals surface area contributed by atoms with E-state index < -0.39 is 11.7 Å². The van der Waals surface area contributed by atoms with Crippen molar-refractivity contribution in [1.29, 1.82) is 0 Å². The van der Waals surface area contributed by atoms with E-state index in [4.69, 9.17) is 0 Å². The Kier molecular flexibility index (Phi) is 3.90. The number of fused-ring (bicyclic) bond motifs is 1. The van der Waals surface area contributed by atoms with Crippen LogP contribution >= 0.6 is 11.8 Å². The molecule has 6 heteroatoms. The van der Waals surface area contributed by atoms with Crippen LogP contribution in [0.4, 0.5) is 5.69 Å². The third-order valence-corrected chi connectivity index (χ3v) is 3.87. The third kappa shape index (κ3) is 2.63. The molecule has 0 radical (unpaired) electrons. The van der Waals surface area contributed by atoms with Gasteiger partial charge in [-0.3, -0.25) is 14.4 Å². The van der Waals surface area contributed by atoms with Crippen molar-refractivity contribution in [3.8, 4) is 0 Å². The van der Waals surface area contributed by atoms with Gasteiger partial charge < -0.3 is 9.64 Å². The van der Waals surface area contributed by atoms with E-state index in [-0.39, 0.29) is 5.97 Å². The average molecular weight is 279 g/mol. The Morgan fingerprint density at radius 1 is 1.37 bits per heavy atom. The van der Waals surface area contributed by atoms with Crippen molar-refractivity contribution in [2.45, 2.75) is 11.3 Å². The number of carbonyl (C=O) groups excluding carboxylic acids is 3. The highest BCUT2D eigenvalue weighted by Crippen LogP contribution is 2.32. The number of amides is 1. The van der Waals surface area contributed by atoms with E-state index in [2.05, 4.69) is 4.74 Å². The Morgan fingerprint density at radius 3 is 2.79 bits per heavy atom. The number of hydrogen-bond acceptors (Lipinski definition) is 5. The van der Waals surface area contributed by atoms with Gasteiger partial charge in [-0.1, -0.05) is 0 Å². The van der Waals surface area contributed by atoms with E-state index in [9.17, 15) is 14.4 Å². The first kappa shape index (κ1) is 13.6. The Bertz CT molecular complexity index is 556. The molecular weight excluding hydrogens is 266 g/mol. The van der Waals surface area contributed by atoms with Gasteiger partial charge >= 0.3 is 5.97 Å². The van der Waals surface area contributed by atoms with Gasteiger partial charge in [-0.05, 0) is 18.2 Å². The average Bonchev–Trinajstić information content (AvgIpc) is 2.63. The normalized spacial score (nSPS) is 13.7. The van der Waals surface area contributed by atoms with Crippen molar-refractivity contribution in [3.05, 3.63) is 23.8 Å². The minimum atomic E-state index is -0.508. The SMILES string of the molecule is COC(=O)CCSc1ccc2c(c1)N(C)C(=O)C2=O. The maximum absolute atomic E-state index is 11.6. The first-order chi connectivity index (χ1) is 9.04. The monoisotopic (exact) mass is 279 g/mol. The number of rotatable bonds is 4. The number of ether oxygens (including phenoxy) is 1. The molecule has 0 atom stereocenters. The molecule has 5 nitrogen and oxygen atoms in total. The minimum absolute atomic E-state index is 0.254. The minimum Gasteiger partial charge on any atom is -0.469 e. The first-order valence-corrected chi connectivity index (χ1v) is 6.69. The molecule has 19 heavy (non-hydrogen) atoms. The van der Waals surface area contributed by atoms with Gasteiger partial charge in [-0.25, -0.2) is 0 Å². The van der Waals surface area contributed by atoms with Crippen LogP contribution in [0, 0.1) is 0 Å². The quantitative estimate of drug-likeness (QED) is 0.475. The molecule has 1 amide bonds. The lowest BCUT2D eigenvalue weighted by Crippen LogP contribution is -2.24. The second-order valence-corrected chi connectivity index (χ2v) is 5.22. The number of methoxy groups -OCH3 is 1. The summed E-state index contributed by atoms with van der Waals surface area (Å²) in [6, 6.07) is 5.23. The topological polar surface area (TPSA) is 63.7 Å². The van der Waals surface area contributed by atoms with Crippen molar-refractivity contribution in [1.82, 2.24) is 0 Å². The maximum Gasteiger partial charge on any atom is 0.306 e. The number of anilines is 1. The highest BCUT2D eigenvalue weighted by atomic mass is 32.2. The molecule has 1 aromatic carbocycles. The van der Waals surface area contributed by atoms with Crippen molar-refractivity contribution in [2.75, 3.05) is 24.8 Å². The van der Waals surface area contributed by atoms with Crippen LogP contribution in [0.25, 0.3) is 0 Å². The second kappa shape index (κ2) is 5.44. The fourth-order valence-electron chi connectivity index (χ4n) is 1.80. The number of benzene rings is 1. The van der Waals surface area contributed by atoms with Crippen molar-refractivity contribution in [2.24, 2.45) is 0 Å². The van der Waals surface area contributed by atoms with Crippen LogP contribution in [-0.4, -0.2) is 37.6 Å². The highest BCUT2D eigenvalue weighted by molar-refractivity contribution is 7.99. The lowest BCUT2D eigenvalue weighted by Gasteiger charge is -2.10. The van der Waals surface area contributed by atoms with Crippen molar-refractivity contribution < 1.29 is 19.1 Å². The van der Waals surface area contributed by atoms with Gasteiger partial charge in [0.25, 0.3) is 11.7 Å². The lowest BCUT2D eigenvalue weighted by atomic mass is 10.1. The smallest absolute Gasteiger partial charge is 0.306 e. The maximum atomic E-state index is 11.6. The van der Waals surface area contributed by atoms with E-state index in [1.54, 1.807) is 25.2 Å². The summed E-state index contributed by atoms with van der Waals surface area (Å²) in [6.45, 7) is 0. The summed E-state index contributed by atoms with van der Waals surface area (Å²) in [5, 5.41) is 0. The number of hydrogen-bond donors (Lipinski definition) is 0. The number of thioether (sulfide) groups is 1. The summed E-state index contributed by atoms with van der Waals surface area (Å²) in [5.74, 6) is -0.636. The summed E-state index contributed by atoms with van der Waals surface area (Å²) in [4.78, 5) is 36.4. The molecule has 0 fully saturated rings. The van der Waals surface area contributed by atoms with Gasteiger partial charge in [0.2, 0.25) is 0 Å². The molecule has 0 aliphatic carbocycles. The Labute approximate surface area is 114 Å². The summed E-state index contributed by atoms with van der Waals surface area (Å²) in [7, 11) is 2.93. The number of carbonyl (C=O) groups is 3. The van der Waals surface area contributed by atoms with Crippen LogP contribution in [0.15, 0.2) is 23.1 Å². The molecule has 2 rings (SSSR count). The van der Waals surface area contributed by atoms with Gasteiger partial charge in [-0.2, -0.15) is 0 Å². The van der Waals surface area contributed by atoms with Crippen LogP contribution in [0.5, 0.6) is 0 Å². The third-order valence-electron chi connectivity index (χ3n) is 2.88. The van der Waals surface area contributed by atoms with E-state index in [1.807, 2.05) is 0 Å². The summed E-state index contributed by atoms with van der Waals surface area (Å²) >= 11 is 1.48. The second-order valence-electron chi connectivity index (χ2n) is 4.05. The standard InChI is InChI=1S/C13H13NO4S/c1-14-10-7-8(19-6-5-11(15)18-2)3-4-9(10)12(16)13(14)17/h3-4,7H,5-6H2,1-2H3. The molecule has 0 saturated carbocycles. The highest BCUT2D eigenvalue weighted by Gasteiger charge is 2.33.